The van der Waals surface area contributed by atoms with Gasteiger partial charge in [0.2, 0.25) is 11.9 Å². The van der Waals surface area contributed by atoms with E-state index in [1.54, 1.807) is 6.08 Å². The smallest absolute Gasteiger partial charge is 0.254 e. The van der Waals surface area contributed by atoms with Gasteiger partial charge >= 0.3 is 0 Å². The Morgan fingerprint density at radius 1 is 1.48 bits per heavy atom. The van der Waals surface area contributed by atoms with Crippen molar-refractivity contribution in [1.82, 2.24) is 20.2 Å². The predicted octanol–water partition coefficient (Wildman–Crippen LogP) is -1.22. The molecule has 0 saturated carbocycles. The standard InChI is InChI=1S/C13H20N6O2/c1-2-3-15-12(21)9-18-4-6-19(7-5-18)10-8-11(20)17-13(14)16-10/h2,8H,1,3-7,9H2,(H,15,21)(H3,14,16,17,20). The van der Waals surface area contributed by atoms with Crippen molar-refractivity contribution >= 4 is 17.7 Å². The number of nitrogens with one attached hydrogen (secondary N) is 2. The number of hydrogen-bond acceptors (Lipinski definition) is 6. The fourth-order valence-electron chi connectivity index (χ4n) is 2.21. The summed E-state index contributed by atoms with van der Waals surface area (Å²) in [5.74, 6) is 0.678. The van der Waals surface area contributed by atoms with Crippen LogP contribution in [0.15, 0.2) is 23.5 Å². The Labute approximate surface area is 122 Å². The first kappa shape index (κ1) is 15.0. The maximum atomic E-state index is 11.6. The minimum Gasteiger partial charge on any atom is -0.369 e. The minimum absolute atomic E-state index is 0.0122. The number of anilines is 2. The number of aromatic nitrogens is 2. The van der Waals surface area contributed by atoms with Gasteiger partial charge in [-0.1, -0.05) is 6.08 Å². The summed E-state index contributed by atoms with van der Waals surface area (Å²) >= 11 is 0. The van der Waals surface area contributed by atoms with Gasteiger partial charge in [-0.15, -0.1) is 6.58 Å². The molecule has 1 aliphatic rings. The Morgan fingerprint density at radius 3 is 2.81 bits per heavy atom. The lowest BCUT2D eigenvalue weighted by Crippen LogP contribution is -2.50. The number of aromatic amines is 1. The van der Waals surface area contributed by atoms with Crippen LogP contribution in [0.4, 0.5) is 11.8 Å². The number of nitrogen functional groups attached to an aromatic ring is 1. The largest absolute Gasteiger partial charge is 0.369 e. The van der Waals surface area contributed by atoms with E-state index in [0.29, 0.717) is 32.0 Å². The highest BCUT2D eigenvalue weighted by molar-refractivity contribution is 5.78. The second-order valence-electron chi connectivity index (χ2n) is 4.84. The number of carbonyl (C=O) groups excluding carboxylic acids is 1. The van der Waals surface area contributed by atoms with Crippen LogP contribution in [0.5, 0.6) is 0 Å². The Morgan fingerprint density at radius 2 is 2.19 bits per heavy atom. The summed E-state index contributed by atoms with van der Waals surface area (Å²) in [6.45, 7) is 7.27. The molecule has 0 bridgehead atoms. The quantitative estimate of drug-likeness (QED) is 0.587. The summed E-state index contributed by atoms with van der Waals surface area (Å²) in [6.07, 6.45) is 1.65. The Kier molecular flexibility index (Phi) is 4.94. The van der Waals surface area contributed by atoms with Crippen LogP contribution in [-0.2, 0) is 4.79 Å². The molecule has 0 unspecified atom stereocenters. The maximum absolute atomic E-state index is 11.6. The number of nitrogens with zero attached hydrogens (tertiary/aromatic N) is 3. The second-order valence-corrected chi connectivity index (χ2v) is 4.84. The highest BCUT2D eigenvalue weighted by Gasteiger charge is 2.20. The van der Waals surface area contributed by atoms with Crippen LogP contribution < -0.4 is 21.5 Å². The number of hydrogen-bond donors (Lipinski definition) is 3. The molecule has 0 aromatic carbocycles. The molecule has 0 atom stereocenters. The van der Waals surface area contributed by atoms with Crippen LogP contribution in [0.3, 0.4) is 0 Å². The lowest BCUT2D eigenvalue weighted by atomic mass is 10.3. The Bertz CT molecular complexity index is 562. The van der Waals surface area contributed by atoms with Gasteiger partial charge in [0.25, 0.3) is 5.56 Å². The van der Waals surface area contributed by atoms with Gasteiger partial charge in [-0.3, -0.25) is 19.5 Å². The molecule has 1 saturated heterocycles. The topological polar surface area (TPSA) is 107 Å². The number of nitrogens with two attached hydrogens (primary N) is 1. The van der Waals surface area contributed by atoms with Gasteiger partial charge in [-0.05, 0) is 0 Å². The summed E-state index contributed by atoms with van der Waals surface area (Å²) in [5, 5.41) is 2.75. The van der Waals surface area contributed by atoms with Crippen LogP contribution >= 0.6 is 0 Å². The molecule has 0 spiro atoms. The minimum atomic E-state index is -0.260. The summed E-state index contributed by atoms with van der Waals surface area (Å²) in [6, 6.07) is 1.43. The number of amides is 1. The number of rotatable bonds is 5. The molecule has 2 rings (SSSR count). The van der Waals surface area contributed by atoms with Crippen molar-refractivity contribution in [2.45, 2.75) is 0 Å². The number of H-pyrrole nitrogens is 1. The number of piperazine rings is 1. The van der Waals surface area contributed by atoms with E-state index in [1.165, 1.54) is 6.07 Å². The molecule has 114 valence electrons. The highest BCUT2D eigenvalue weighted by atomic mass is 16.2. The van der Waals surface area contributed by atoms with Gasteiger partial charge in [0.05, 0.1) is 6.54 Å². The van der Waals surface area contributed by atoms with Crippen LogP contribution in [-0.4, -0.2) is 60.0 Å². The molecule has 8 heteroatoms. The molecule has 1 aliphatic heterocycles. The molecule has 4 N–H and O–H groups in total. The lowest BCUT2D eigenvalue weighted by Gasteiger charge is -2.34. The van der Waals surface area contributed by atoms with Crippen molar-refractivity contribution in [3.8, 4) is 0 Å². The summed E-state index contributed by atoms with van der Waals surface area (Å²) in [7, 11) is 0. The molecule has 8 nitrogen and oxygen atoms in total. The summed E-state index contributed by atoms with van der Waals surface area (Å²) < 4.78 is 0. The molecule has 1 fully saturated rings. The predicted molar refractivity (Wildman–Crippen MR) is 81.1 cm³/mol. The maximum Gasteiger partial charge on any atom is 0.254 e. The normalized spacial score (nSPS) is 15.7. The van der Waals surface area contributed by atoms with Gasteiger partial charge in [-0.2, -0.15) is 4.98 Å². The van der Waals surface area contributed by atoms with Gasteiger partial charge in [0.15, 0.2) is 0 Å². The third-order valence-electron chi connectivity index (χ3n) is 3.25. The lowest BCUT2D eigenvalue weighted by molar-refractivity contribution is -0.122. The average molecular weight is 292 g/mol. The summed E-state index contributed by atoms with van der Waals surface area (Å²) in [5.41, 5.74) is 5.28. The molecule has 2 heterocycles. The summed E-state index contributed by atoms with van der Waals surface area (Å²) in [4.78, 5) is 33.6. The molecule has 0 aliphatic carbocycles. The fourth-order valence-corrected chi connectivity index (χ4v) is 2.21. The molecular formula is C13H20N6O2. The van der Waals surface area contributed by atoms with Crippen LogP contribution in [0, 0.1) is 0 Å². The van der Waals surface area contributed by atoms with E-state index in [2.05, 4.69) is 26.8 Å². The van der Waals surface area contributed by atoms with Crippen molar-refractivity contribution in [2.24, 2.45) is 0 Å². The SMILES string of the molecule is C=CCNC(=O)CN1CCN(c2cc(=O)[nH]c(N)n2)CC1. The van der Waals surface area contributed by atoms with Gasteiger partial charge in [0, 0.05) is 38.8 Å². The third-order valence-corrected chi connectivity index (χ3v) is 3.25. The van der Waals surface area contributed by atoms with Crippen LogP contribution in [0.1, 0.15) is 0 Å². The van der Waals surface area contributed by atoms with Crippen LogP contribution in [0.25, 0.3) is 0 Å². The van der Waals surface area contributed by atoms with E-state index >= 15 is 0 Å². The fraction of sp³-hybridized carbons (Fsp3) is 0.462. The first-order valence-electron chi connectivity index (χ1n) is 6.80. The van der Waals surface area contributed by atoms with E-state index in [9.17, 15) is 9.59 Å². The van der Waals surface area contributed by atoms with Crippen molar-refractivity contribution in [3.63, 3.8) is 0 Å². The zero-order chi connectivity index (χ0) is 15.2. The first-order valence-corrected chi connectivity index (χ1v) is 6.80. The van der Waals surface area contributed by atoms with Crippen molar-refractivity contribution in [2.75, 3.05) is 49.9 Å². The van der Waals surface area contributed by atoms with Crippen LogP contribution in [0.2, 0.25) is 0 Å². The Hall–Kier alpha value is -2.35. The molecule has 1 aromatic rings. The molecule has 1 amide bonds. The third kappa shape index (κ3) is 4.32. The van der Waals surface area contributed by atoms with Gasteiger partial charge in [-0.25, -0.2) is 0 Å². The second kappa shape index (κ2) is 6.89. The van der Waals surface area contributed by atoms with E-state index in [4.69, 9.17) is 5.73 Å². The van der Waals surface area contributed by atoms with E-state index < -0.39 is 0 Å². The van der Waals surface area contributed by atoms with E-state index in [0.717, 1.165) is 13.1 Å². The monoisotopic (exact) mass is 292 g/mol. The zero-order valence-electron chi connectivity index (χ0n) is 11.8. The van der Waals surface area contributed by atoms with Gasteiger partial charge < -0.3 is 16.0 Å². The number of carbonyl (C=O) groups is 1. The van der Waals surface area contributed by atoms with E-state index in [1.807, 2.05) is 4.90 Å². The first-order chi connectivity index (χ1) is 10.1. The molecule has 0 radical (unpaired) electrons. The average Bonchev–Trinajstić information content (AvgIpc) is 2.45. The zero-order valence-corrected chi connectivity index (χ0v) is 11.8. The molecule has 21 heavy (non-hydrogen) atoms. The molecular weight excluding hydrogens is 272 g/mol. The highest BCUT2D eigenvalue weighted by Crippen LogP contribution is 2.11. The van der Waals surface area contributed by atoms with Gasteiger partial charge in [0.1, 0.15) is 5.82 Å². The Balaban J connectivity index is 1.86. The van der Waals surface area contributed by atoms with Crippen molar-refractivity contribution < 1.29 is 4.79 Å². The van der Waals surface area contributed by atoms with Crippen molar-refractivity contribution in [1.29, 1.82) is 0 Å². The van der Waals surface area contributed by atoms with E-state index in [-0.39, 0.29) is 17.4 Å². The van der Waals surface area contributed by atoms with Crippen molar-refractivity contribution in [3.05, 3.63) is 29.1 Å². The molecule has 1 aromatic heterocycles.